The van der Waals surface area contributed by atoms with Gasteiger partial charge >= 0.3 is 5.69 Å². The highest BCUT2D eigenvalue weighted by atomic mass is 16.6. The highest BCUT2D eigenvalue weighted by Gasteiger charge is 2.24. The summed E-state index contributed by atoms with van der Waals surface area (Å²) in [5.41, 5.74) is 3.13. The molecule has 0 bridgehead atoms. The second-order valence-corrected chi connectivity index (χ2v) is 4.55. The van der Waals surface area contributed by atoms with E-state index in [0.29, 0.717) is 0 Å². The Bertz CT molecular complexity index is 650. The van der Waals surface area contributed by atoms with Crippen LogP contribution in [0.15, 0.2) is 12.3 Å². The van der Waals surface area contributed by atoms with Gasteiger partial charge in [-0.25, -0.2) is 15.5 Å². The van der Waals surface area contributed by atoms with Crippen LogP contribution in [0.1, 0.15) is 31.2 Å². The third kappa shape index (κ3) is 2.43. The first kappa shape index (κ1) is 13.9. The van der Waals surface area contributed by atoms with Gasteiger partial charge in [-0.05, 0) is 18.9 Å². The second kappa shape index (κ2) is 5.21. The van der Waals surface area contributed by atoms with E-state index < -0.39 is 4.92 Å². The molecule has 0 saturated carbocycles. The monoisotopic (exact) mass is 277 g/mol. The molecule has 2 aromatic heterocycles. The normalized spacial score (nSPS) is 10.8. The predicted molar refractivity (Wildman–Crippen MR) is 72.4 cm³/mol. The Morgan fingerprint density at radius 1 is 1.45 bits per heavy atom. The van der Waals surface area contributed by atoms with Gasteiger partial charge in [0.15, 0.2) is 0 Å². The molecule has 20 heavy (non-hydrogen) atoms. The van der Waals surface area contributed by atoms with Crippen LogP contribution in [0.2, 0.25) is 0 Å². The van der Waals surface area contributed by atoms with Crippen LogP contribution in [0.3, 0.4) is 0 Å². The standard InChI is InChI=1S/C11H15N7O2/c1-6(2)8-4-5-17(16-8)10-9(18(19)20)7(3)13-11(14-10)15-12/h4-6H,12H2,1-3H3,(H,13,14,15). The number of hydrazine groups is 1. The van der Waals surface area contributed by atoms with Gasteiger partial charge in [0.25, 0.3) is 0 Å². The molecule has 2 heterocycles. The number of nitro groups is 1. The van der Waals surface area contributed by atoms with Crippen molar-refractivity contribution in [2.24, 2.45) is 5.84 Å². The lowest BCUT2D eigenvalue weighted by Gasteiger charge is -2.07. The maximum absolute atomic E-state index is 11.2. The number of rotatable bonds is 4. The number of hydrogen-bond donors (Lipinski definition) is 2. The summed E-state index contributed by atoms with van der Waals surface area (Å²) in [7, 11) is 0. The minimum Gasteiger partial charge on any atom is -0.292 e. The van der Waals surface area contributed by atoms with E-state index in [0.717, 1.165) is 5.69 Å². The summed E-state index contributed by atoms with van der Waals surface area (Å²) in [4.78, 5) is 18.6. The fourth-order valence-electron chi connectivity index (χ4n) is 1.75. The summed E-state index contributed by atoms with van der Waals surface area (Å²) >= 11 is 0. The Kier molecular flexibility index (Phi) is 3.61. The van der Waals surface area contributed by atoms with Crippen molar-refractivity contribution in [2.45, 2.75) is 26.7 Å². The van der Waals surface area contributed by atoms with Crippen LogP contribution < -0.4 is 11.3 Å². The quantitative estimate of drug-likeness (QED) is 0.490. The third-order valence-electron chi connectivity index (χ3n) is 2.77. The van der Waals surface area contributed by atoms with Gasteiger partial charge in [0.05, 0.1) is 10.6 Å². The van der Waals surface area contributed by atoms with Gasteiger partial charge in [0, 0.05) is 6.20 Å². The molecular weight excluding hydrogens is 262 g/mol. The summed E-state index contributed by atoms with van der Waals surface area (Å²) in [6.45, 7) is 5.50. The zero-order valence-corrected chi connectivity index (χ0v) is 11.4. The molecule has 9 nitrogen and oxygen atoms in total. The van der Waals surface area contributed by atoms with E-state index in [2.05, 4.69) is 20.5 Å². The van der Waals surface area contributed by atoms with E-state index in [-0.39, 0.29) is 29.1 Å². The van der Waals surface area contributed by atoms with Crippen molar-refractivity contribution in [3.8, 4) is 5.82 Å². The predicted octanol–water partition coefficient (Wildman–Crippen LogP) is 1.29. The van der Waals surface area contributed by atoms with Crippen molar-refractivity contribution in [3.63, 3.8) is 0 Å². The average Bonchev–Trinajstić information content (AvgIpc) is 2.86. The lowest BCUT2D eigenvalue weighted by molar-refractivity contribution is -0.385. The number of aromatic nitrogens is 4. The molecule has 0 atom stereocenters. The van der Waals surface area contributed by atoms with Crippen LogP contribution in [0.4, 0.5) is 11.6 Å². The zero-order chi connectivity index (χ0) is 14.9. The van der Waals surface area contributed by atoms with E-state index >= 15 is 0 Å². The summed E-state index contributed by atoms with van der Waals surface area (Å²) in [5, 5.41) is 15.5. The van der Waals surface area contributed by atoms with E-state index in [4.69, 9.17) is 5.84 Å². The number of aryl methyl sites for hydroxylation is 1. The van der Waals surface area contributed by atoms with Crippen molar-refractivity contribution in [2.75, 3.05) is 5.43 Å². The summed E-state index contributed by atoms with van der Waals surface area (Å²) in [5.74, 6) is 5.67. The van der Waals surface area contributed by atoms with E-state index in [9.17, 15) is 10.1 Å². The van der Waals surface area contributed by atoms with Gasteiger partial charge < -0.3 is 0 Å². The van der Waals surface area contributed by atoms with Gasteiger partial charge in [-0.1, -0.05) is 13.8 Å². The summed E-state index contributed by atoms with van der Waals surface area (Å²) in [6.07, 6.45) is 1.63. The van der Waals surface area contributed by atoms with Crippen LogP contribution >= 0.6 is 0 Å². The molecule has 0 aliphatic heterocycles. The van der Waals surface area contributed by atoms with E-state index in [1.807, 2.05) is 13.8 Å². The van der Waals surface area contributed by atoms with Crippen molar-refractivity contribution in [1.29, 1.82) is 0 Å². The summed E-state index contributed by atoms with van der Waals surface area (Å²) in [6, 6.07) is 1.79. The lowest BCUT2D eigenvalue weighted by atomic mass is 10.1. The Hall–Kier alpha value is -2.55. The summed E-state index contributed by atoms with van der Waals surface area (Å²) < 4.78 is 1.36. The van der Waals surface area contributed by atoms with Crippen molar-refractivity contribution in [1.82, 2.24) is 19.7 Å². The van der Waals surface area contributed by atoms with Crippen LogP contribution in [0.25, 0.3) is 5.82 Å². The first-order chi connectivity index (χ1) is 9.43. The molecule has 106 valence electrons. The molecule has 2 rings (SSSR count). The number of anilines is 1. The molecule has 0 aliphatic carbocycles. The highest BCUT2D eigenvalue weighted by molar-refractivity contribution is 5.52. The average molecular weight is 277 g/mol. The van der Waals surface area contributed by atoms with Crippen LogP contribution in [0, 0.1) is 17.0 Å². The third-order valence-corrected chi connectivity index (χ3v) is 2.77. The Labute approximate surface area is 115 Å². The molecule has 0 aromatic carbocycles. The first-order valence-electron chi connectivity index (χ1n) is 5.99. The molecule has 0 spiro atoms. The van der Waals surface area contributed by atoms with Crippen LogP contribution in [-0.2, 0) is 0 Å². The van der Waals surface area contributed by atoms with E-state index in [1.165, 1.54) is 11.6 Å². The molecule has 3 N–H and O–H groups in total. The minimum atomic E-state index is -0.526. The molecule has 0 radical (unpaired) electrons. The first-order valence-corrected chi connectivity index (χ1v) is 5.99. The molecule has 0 aliphatic rings. The molecule has 0 saturated heterocycles. The van der Waals surface area contributed by atoms with Crippen LogP contribution in [0.5, 0.6) is 0 Å². The van der Waals surface area contributed by atoms with Gasteiger partial charge in [0.2, 0.25) is 11.8 Å². The Morgan fingerprint density at radius 3 is 2.65 bits per heavy atom. The Morgan fingerprint density at radius 2 is 2.15 bits per heavy atom. The maximum Gasteiger partial charge on any atom is 0.334 e. The van der Waals surface area contributed by atoms with Gasteiger partial charge in [-0.2, -0.15) is 10.1 Å². The zero-order valence-electron chi connectivity index (χ0n) is 11.4. The smallest absolute Gasteiger partial charge is 0.292 e. The van der Waals surface area contributed by atoms with Crippen molar-refractivity contribution < 1.29 is 4.92 Å². The Balaban J connectivity index is 2.63. The maximum atomic E-state index is 11.2. The number of nitrogens with two attached hydrogens (primary N) is 1. The molecule has 0 unspecified atom stereocenters. The van der Waals surface area contributed by atoms with Gasteiger partial charge in [-0.15, -0.1) is 0 Å². The van der Waals surface area contributed by atoms with Gasteiger partial charge in [0.1, 0.15) is 5.69 Å². The number of hydrogen-bond acceptors (Lipinski definition) is 7. The topological polar surface area (TPSA) is 125 Å². The minimum absolute atomic E-state index is 0.0855. The molecule has 9 heteroatoms. The van der Waals surface area contributed by atoms with Crippen molar-refractivity contribution in [3.05, 3.63) is 33.8 Å². The van der Waals surface area contributed by atoms with E-state index in [1.54, 1.807) is 12.3 Å². The fourth-order valence-corrected chi connectivity index (χ4v) is 1.75. The molecule has 0 fully saturated rings. The fraction of sp³-hybridized carbons (Fsp3) is 0.364. The lowest BCUT2D eigenvalue weighted by Crippen LogP contribution is -2.15. The molecular formula is C11H15N7O2. The largest absolute Gasteiger partial charge is 0.334 e. The van der Waals surface area contributed by atoms with Crippen LogP contribution in [-0.4, -0.2) is 24.7 Å². The van der Waals surface area contributed by atoms with Crippen molar-refractivity contribution >= 4 is 11.6 Å². The number of nitrogen functional groups attached to an aromatic ring is 1. The highest BCUT2D eigenvalue weighted by Crippen LogP contribution is 2.25. The SMILES string of the molecule is Cc1nc(NN)nc(-n2ccc(C(C)C)n2)c1[N+](=O)[O-]. The number of nitrogens with one attached hydrogen (secondary N) is 1. The second-order valence-electron chi connectivity index (χ2n) is 4.55. The molecule has 2 aromatic rings. The molecule has 0 amide bonds. The number of nitrogens with zero attached hydrogens (tertiary/aromatic N) is 5. The van der Waals surface area contributed by atoms with Gasteiger partial charge in [-0.3, -0.25) is 15.5 Å².